The monoisotopic (exact) mass is 172 g/mol. The zero-order valence-corrected chi connectivity index (χ0v) is 7.87. The Hall–Kier alpha value is -1.11. The van der Waals surface area contributed by atoms with E-state index < -0.39 is 0 Å². The van der Waals surface area contributed by atoms with Gasteiger partial charge in [0.1, 0.15) is 0 Å². The number of rotatable bonds is 0. The summed E-state index contributed by atoms with van der Waals surface area (Å²) in [4.78, 5) is 11.9. The molecule has 1 nitrogen and oxygen atoms in total. The highest BCUT2D eigenvalue weighted by molar-refractivity contribution is 6.07. The predicted molar refractivity (Wildman–Crippen MR) is 50.8 cm³/mol. The lowest BCUT2D eigenvalue weighted by molar-refractivity contribution is 0.0958. The quantitative estimate of drug-likeness (QED) is 0.588. The molecular weight excluding hydrogens is 160 g/mol. The van der Waals surface area contributed by atoms with E-state index in [0.29, 0.717) is 11.7 Å². The fraction of sp³-hybridized carbons (Fsp3) is 0.417. The normalized spacial score (nSPS) is 32.6. The standard InChI is InChI=1S/C12H12O/c1-12(2)9-7-5-3-4-6-8(7)11(13)10(9)12/h3-6,9-10H,1-2H3. The second kappa shape index (κ2) is 1.87. The van der Waals surface area contributed by atoms with Crippen molar-refractivity contribution in [3.05, 3.63) is 35.4 Å². The molecule has 1 fully saturated rings. The average Bonchev–Trinajstić information content (AvgIpc) is 2.50. The van der Waals surface area contributed by atoms with E-state index in [4.69, 9.17) is 0 Å². The minimum atomic E-state index is 0.228. The number of hydrogen-bond donors (Lipinski definition) is 0. The third kappa shape index (κ3) is 0.668. The van der Waals surface area contributed by atoms with Crippen molar-refractivity contribution in [2.24, 2.45) is 11.3 Å². The number of benzene rings is 1. The first-order valence-corrected chi connectivity index (χ1v) is 4.77. The van der Waals surface area contributed by atoms with E-state index in [1.54, 1.807) is 0 Å². The molecule has 3 rings (SSSR count). The number of Topliss-reactive ketones (excluding diaryl/α,β-unsaturated/α-hetero) is 1. The van der Waals surface area contributed by atoms with Gasteiger partial charge < -0.3 is 0 Å². The molecule has 0 spiro atoms. The smallest absolute Gasteiger partial charge is 0.167 e. The zero-order valence-electron chi connectivity index (χ0n) is 7.87. The molecule has 2 unspecified atom stereocenters. The first-order valence-electron chi connectivity index (χ1n) is 4.77. The lowest BCUT2D eigenvalue weighted by atomic mass is 9.94. The van der Waals surface area contributed by atoms with Crippen LogP contribution in [0.4, 0.5) is 0 Å². The number of hydrogen-bond acceptors (Lipinski definition) is 1. The van der Waals surface area contributed by atoms with Crippen LogP contribution in [-0.4, -0.2) is 5.78 Å². The Morgan fingerprint density at radius 2 is 1.85 bits per heavy atom. The van der Waals surface area contributed by atoms with E-state index in [9.17, 15) is 4.79 Å². The summed E-state index contributed by atoms with van der Waals surface area (Å²) in [6.07, 6.45) is 0. The Labute approximate surface area is 77.8 Å². The molecular formula is C12H12O. The van der Waals surface area contributed by atoms with Gasteiger partial charge >= 0.3 is 0 Å². The molecule has 1 saturated carbocycles. The van der Waals surface area contributed by atoms with E-state index in [-0.39, 0.29) is 11.3 Å². The maximum Gasteiger partial charge on any atom is 0.167 e. The third-order valence-corrected chi connectivity index (χ3v) is 3.67. The molecule has 0 amide bonds. The van der Waals surface area contributed by atoms with Gasteiger partial charge in [0.25, 0.3) is 0 Å². The van der Waals surface area contributed by atoms with Crippen molar-refractivity contribution < 1.29 is 4.79 Å². The molecule has 1 aromatic carbocycles. The average molecular weight is 172 g/mol. The van der Waals surface area contributed by atoms with Crippen LogP contribution < -0.4 is 0 Å². The summed E-state index contributed by atoms with van der Waals surface area (Å²) in [5, 5.41) is 0. The van der Waals surface area contributed by atoms with Crippen LogP contribution in [0, 0.1) is 11.3 Å². The van der Waals surface area contributed by atoms with Crippen molar-refractivity contribution in [1.29, 1.82) is 0 Å². The van der Waals surface area contributed by atoms with Gasteiger partial charge in [-0.1, -0.05) is 38.1 Å². The Morgan fingerprint density at radius 1 is 1.15 bits per heavy atom. The number of fused-ring (bicyclic) bond motifs is 3. The molecule has 0 aromatic heterocycles. The van der Waals surface area contributed by atoms with E-state index in [0.717, 1.165) is 5.56 Å². The van der Waals surface area contributed by atoms with Crippen molar-refractivity contribution in [3.8, 4) is 0 Å². The molecule has 2 aliphatic carbocycles. The molecule has 2 aliphatic rings. The minimum absolute atomic E-state index is 0.228. The summed E-state index contributed by atoms with van der Waals surface area (Å²) < 4.78 is 0. The predicted octanol–water partition coefficient (Wildman–Crippen LogP) is 2.62. The maximum absolute atomic E-state index is 11.9. The zero-order chi connectivity index (χ0) is 9.22. The van der Waals surface area contributed by atoms with Crippen molar-refractivity contribution in [1.82, 2.24) is 0 Å². The molecule has 0 saturated heterocycles. The molecule has 0 bridgehead atoms. The second-order valence-electron chi connectivity index (χ2n) is 4.73. The number of carbonyl (C=O) groups excluding carboxylic acids is 1. The van der Waals surface area contributed by atoms with Gasteiger partial charge in [0.2, 0.25) is 0 Å². The van der Waals surface area contributed by atoms with Crippen molar-refractivity contribution >= 4 is 5.78 Å². The van der Waals surface area contributed by atoms with E-state index in [1.807, 2.05) is 18.2 Å². The van der Waals surface area contributed by atoms with Gasteiger partial charge in [-0.2, -0.15) is 0 Å². The lowest BCUT2D eigenvalue weighted by Gasteiger charge is -2.09. The molecule has 1 aromatic rings. The molecule has 0 radical (unpaired) electrons. The van der Waals surface area contributed by atoms with Crippen LogP contribution >= 0.6 is 0 Å². The Kier molecular flexibility index (Phi) is 1.05. The van der Waals surface area contributed by atoms with Crippen molar-refractivity contribution in [3.63, 3.8) is 0 Å². The fourth-order valence-corrected chi connectivity index (χ4v) is 2.87. The summed E-state index contributed by atoms with van der Waals surface area (Å²) in [6.45, 7) is 4.38. The maximum atomic E-state index is 11.9. The highest BCUT2D eigenvalue weighted by atomic mass is 16.1. The van der Waals surface area contributed by atoms with Gasteiger partial charge in [-0.25, -0.2) is 0 Å². The fourth-order valence-electron chi connectivity index (χ4n) is 2.87. The van der Waals surface area contributed by atoms with Crippen LogP contribution in [0.3, 0.4) is 0 Å². The first-order chi connectivity index (χ1) is 6.14. The van der Waals surface area contributed by atoms with Crippen molar-refractivity contribution in [2.45, 2.75) is 19.8 Å². The van der Waals surface area contributed by atoms with Gasteiger partial charge in [-0.15, -0.1) is 0 Å². The van der Waals surface area contributed by atoms with Crippen LogP contribution in [0.25, 0.3) is 0 Å². The topological polar surface area (TPSA) is 17.1 Å². The second-order valence-corrected chi connectivity index (χ2v) is 4.73. The highest BCUT2D eigenvalue weighted by Crippen LogP contribution is 2.69. The number of carbonyl (C=O) groups is 1. The van der Waals surface area contributed by atoms with Gasteiger partial charge in [-0.3, -0.25) is 4.79 Å². The minimum Gasteiger partial charge on any atom is -0.294 e. The Morgan fingerprint density at radius 3 is 2.62 bits per heavy atom. The Balaban J connectivity index is 2.21. The van der Waals surface area contributed by atoms with Crippen LogP contribution in [0.15, 0.2) is 24.3 Å². The molecule has 13 heavy (non-hydrogen) atoms. The van der Waals surface area contributed by atoms with Crippen LogP contribution in [0.1, 0.15) is 35.7 Å². The van der Waals surface area contributed by atoms with E-state index in [2.05, 4.69) is 19.9 Å². The molecule has 66 valence electrons. The third-order valence-electron chi connectivity index (χ3n) is 3.67. The summed E-state index contributed by atoms with van der Waals surface area (Å²) in [5.74, 6) is 1.16. The SMILES string of the molecule is CC1(C)C2C(=O)c3ccccc3C21. The summed E-state index contributed by atoms with van der Waals surface area (Å²) in [7, 11) is 0. The number of ketones is 1. The van der Waals surface area contributed by atoms with E-state index in [1.165, 1.54) is 5.56 Å². The molecule has 0 heterocycles. The van der Waals surface area contributed by atoms with Gasteiger partial charge in [0.05, 0.1) is 0 Å². The Bertz CT molecular complexity index is 403. The molecule has 1 heteroatoms. The summed E-state index contributed by atoms with van der Waals surface area (Å²) >= 11 is 0. The molecule has 2 atom stereocenters. The van der Waals surface area contributed by atoms with Crippen LogP contribution in [0.5, 0.6) is 0 Å². The van der Waals surface area contributed by atoms with Crippen LogP contribution in [0.2, 0.25) is 0 Å². The first kappa shape index (κ1) is 7.31. The van der Waals surface area contributed by atoms with Gasteiger partial charge in [0.15, 0.2) is 5.78 Å². The van der Waals surface area contributed by atoms with Crippen molar-refractivity contribution in [2.75, 3.05) is 0 Å². The van der Waals surface area contributed by atoms with Crippen LogP contribution in [-0.2, 0) is 0 Å². The summed E-state index contributed by atoms with van der Waals surface area (Å²) in [6, 6.07) is 8.05. The lowest BCUT2D eigenvalue weighted by Crippen LogP contribution is -2.07. The largest absolute Gasteiger partial charge is 0.294 e. The highest BCUT2D eigenvalue weighted by Gasteiger charge is 2.66. The van der Waals surface area contributed by atoms with Gasteiger partial charge in [0, 0.05) is 17.4 Å². The molecule has 0 aliphatic heterocycles. The van der Waals surface area contributed by atoms with E-state index >= 15 is 0 Å². The summed E-state index contributed by atoms with van der Waals surface area (Å²) in [5.41, 5.74) is 2.48. The van der Waals surface area contributed by atoms with Gasteiger partial charge in [-0.05, 0) is 11.0 Å². The molecule has 0 N–H and O–H groups in total.